The minimum atomic E-state index is 0.0181. The number of rotatable bonds is 8. The van der Waals surface area contributed by atoms with Gasteiger partial charge in [-0.2, -0.15) is 15.0 Å². The lowest BCUT2D eigenvalue weighted by molar-refractivity contribution is 0.0844. The molecule has 0 spiro atoms. The van der Waals surface area contributed by atoms with Gasteiger partial charge in [0.15, 0.2) is 0 Å². The van der Waals surface area contributed by atoms with Crippen LogP contribution in [-0.2, 0) is 4.74 Å². The van der Waals surface area contributed by atoms with E-state index in [1.165, 1.54) is 0 Å². The van der Waals surface area contributed by atoms with Gasteiger partial charge in [0.05, 0.1) is 18.8 Å². The number of likely N-dealkylation sites (N-methyl/N-ethyl adjacent to an activating group) is 1. The summed E-state index contributed by atoms with van der Waals surface area (Å²) in [6, 6.07) is 0.325. The molecule has 1 N–H and O–H groups in total. The van der Waals surface area contributed by atoms with Crippen LogP contribution in [0, 0.1) is 0 Å². The van der Waals surface area contributed by atoms with Crippen LogP contribution in [0.3, 0.4) is 0 Å². The van der Waals surface area contributed by atoms with Gasteiger partial charge in [-0.1, -0.05) is 0 Å². The molecule has 0 aliphatic carbocycles. The first-order valence-corrected chi connectivity index (χ1v) is 6.85. The Bertz CT molecular complexity index is 412. The molecule has 0 unspecified atom stereocenters. The maximum absolute atomic E-state index is 5.53. The lowest BCUT2D eigenvalue weighted by Crippen LogP contribution is -2.26. The summed E-state index contributed by atoms with van der Waals surface area (Å²) in [5.74, 6) is 1.05. The lowest BCUT2D eigenvalue weighted by Gasteiger charge is -2.19. The second-order valence-electron chi connectivity index (χ2n) is 5.00. The van der Waals surface area contributed by atoms with Gasteiger partial charge in [0, 0.05) is 20.6 Å². The normalized spacial score (nSPS) is 11.0. The molecule has 1 heterocycles. The number of nitrogens with zero attached hydrogens (tertiary/aromatic N) is 4. The average Bonchev–Trinajstić information content (AvgIpc) is 2.36. The summed E-state index contributed by atoms with van der Waals surface area (Å²) in [5, 5.41) is 2.91. The molecule has 1 aromatic heterocycles. The highest BCUT2D eigenvalue weighted by Crippen LogP contribution is 2.14. The van der Waals surface area contributed by atoms with E-state index in [4.69, 9.17) is 9.47 Å². The Kier molecular flexibility index (Phi) is 6.44. The first kappa shape index (κ1) is 16.4. The third-order valence-corrected chi connectivity index (χ3v) is 2.39. The van der Waals surface area contributed by atoms with Crippen LogP contribution in [0.1, 0.15) is 27.7 Å². The van der Waals surface area contributed by atoms with Crippen LogP contribution in [-0.4, -0.2) is 54.4 Å². The van der Waals surface area contributed by atoms with Crippen molar-refractivity contribution in [3.63, 3.8) is 0 Å². The highest BCUT2D eigenvalue weighted by atomic mass is 16.5. The summed E-state index contributed by atoms with van der Waals surface area (Å²) in [7, 11) is 3.68. The molecule has 7 heteroatoms. The fourth-order valence-corrected chi connectivity index (χ4v) is 1.42. The molecule has 114 valence electrons. The molecule has 1 aromatic rings. The molecular formula is C13H25N5O2. The number of nitrogens with one attached hydrogen (secondary N) is 1. The van der Waals surface area contributed by atoms with E-state index in [1.54, 1.807) is 7.05 Å². The molecule has 20 heavy (non-hydrogen) atoms. The van der Waals surface area contributed by atoms with Crippen LogP contribution in [0.15, 0.2) is 0 Å². The van der Waals surface area contributed by atoms with Crippen molar-refractivity contribution in [2.45, 2.75) is 39.9 Å². The Morgan fingerprint density at radius 3 is 2.35 bits per heavy atom. The highest BCUT2D eigenvalue weighted by molar-refractivity contribution is 5.37. The first-order valence-electron chi connectivity index (χ1n) is 6.85. The highest BCUT2D eigenvalue weighted by Gasteiger charge is 2.11. The van der Waals surface area contributed by atoms with E-state index in [-0.39, 0.29) is 12.2 Å². The van der Waals surface area contributed by atoms with Crippen LogP contribution in [0.5, 0.6) is 6.01 Å². The summed E-state index contributed by atoms with van der Waals surface area (Å²) >= 11 is 0. The number of ether oxygens (including phenoxy) is 2. The van der Waals surface area contributed by atoms with Crippen LogP contribution in [0.25, 0.3) is 0 Å². The van der Waals surface area contributed by atoms with Crippen molar-refractivity contribution in [2.24, 2.45) is 0 Å². The summed E-state index contributed by atoms with van der Waals surface area (Å²) in [5.41, 5.74) is 0. The molecular weight excluding hydrogens is 258 g/mol. The third kappa shape index (κ3) is 5.56. The quantitative estimate of drug-likeness (QED) is 0.776. The first-order chi connectivity index (χ1) is 9.42. The summed E-state index contributed by atoms with van der Waals surface area (Å²) in [6.45, 7) is 9.21. The molecule has 0 bridgehead atoms. The van der Waals surface area contributed by atoms with Crippen LogP contribution < -0.4 is 15.0 Å². The SMILES string of the molecule is CNc1nc(OC(C)C)nc(N(C)CCOC(C)C)n1. The molecule has 0 aliphatic rings. The van der Waals surface area contributed by atoms with E-state index in [2.05, 4.69) is 20.3 Å². The molecule has 1 rings (SSSR count). The van der Waals surface area contributed by atoms with Crippen molar-refractivity contribution in [2.75, 3.05) is 37.5 Å². The van der Waals surface area contributed by atoms with Crippen LogP contribution >= 0.6 is 0 Å². The molecule has 0 atom stereocenters. The number of aromatic nitrogens is 3. The Labute approximate surface area is 120 Å². The maximum atomic E-state index is 5.53. The maximum Gasteiger partial charge on any atom is 0.323 e. The van der Waals surface area contributed by atoms with E-state index < -0.39 is 0 Å². The second-order valence-corrected chi connectivity index (χ2v) is 5.00. The van der Waals surface area contributed by atoms with Gasteiger partial charge in [0.2, 0.25) is 11.9 Å². The average molecular weight is 283 g/mol. The van der Waals surface area contributed by atoms with Crippen LogP contribution in [0.4, 0.5) is 11.9 Å². The molecule has 0 saturated carbocycles. The summed E-state index contributed by atoms with van der Waals surface area (Å²) in [4.78, 5) is 14.7. The zero-order chi connectivity index (χ0) is 15.1. The molecule has 0 radical (unpaired) electrons. The van der Waals surface area contributed by atoms with Gasteiger partial charge >= 0.3 is 6.01 Å². The predicted octanol–water partition coefficient (Wildman–Crippen LogP) is 1.56. The van der Waals surface area contributed by atoms with E-state index in [0.717, 1.165) is 0 Å². The van der Waals surface area contributed by atoms with Gasteiger partial charge in [-0.3, -0.25) is 0 Å². The molecule has 0 fully saturated rings. The number of anilines is 2. The summed E-state index contributed by atoms with van der Waals surface area (Å²) < 4.78 is 11.1. The van der Waals surface area contributed by atoms with Crippen molar-refractivity contribution in [1.29, 1.82) is 0 Å². The molecule has 0 saturated heterocycles. The summed E-state index contributed by atoms with van der Waals surface area (Å²) in [6.07, 6.45) is 0.235. The Hall–Kier alpha value is -1.63. The van der Waals surface area contributed by atoms with Gasteiger partial charge in [-0.25, -0.2) is 0 Å². The smallest absolute Gasteiger partial charge is 0.323 e. The minimum absolute atomic E-state index is 0.0181. The zero-order valence-corrected chi connectivity index (χ0v) is 13.2. The Balaban J connectivity index is 2.76. The third-order valence-electron chi connectivity index (χ3n) is 2.39. The van der Waals surface area contributed by atoms with Crippen molar-refractivity contribution >= 4 is 11.9 Å². The lowest BCUT2D eigenvalue weighted by atomic mass is 10.5. The Morgan fingerprint density at radius 1 is 1.10 bits per heavy atom. The largest absolute Gasteiger partial charge is 0.461 e. The van der Waals surface area contributed by atoms with Gasteiger partial charge < -0.3 is 19.7 Å². The molecule has 0 amide bonds. The molecule has 7 nitrogen and oxygen atoms in total. The van der Waals surface area contributed by atoms with E-state index >= 15 is 0 Å². The van der Waals surface area contributed by atoms with Crippen LogP contribution in [0.2, 0.25) is 0 Å². The van der Waals surface area contributed by atoms with E-state index in [0.29, 0.717) is 31.1 Å². The van der Waals surface area contributed by atoms with Crippen molar-refractivity contribution in [1.82, 2.24) is 15.0 Å². The molecule has 0 aliphatic heterocycles. The van der Waals surface area contributed by atoms with E-state index in [9.17, 15) is 0 Å². The topological polar surface area (TPSA) is 72.4 Å². The monoisotopic (exact) mass is 283 g/mol. The predicted molar refractivity (Wildman–Crippen MR) is 79.5 cm³/mol. The van der Waals surface area contributed by atoms with Gasteiger partial charge in [0.1, 0.15) is 0 Å². The zero-order valence-electron chi connectivity index (χ0n) is 13.2. The standard InChI is InChI=1S/C13H25N5O2/c1-9(2)19-8-7-18(6)12-15-11(14-5)16-13(17-12)20-10(3)4/h9-10H,7-8H2,1-6H3,(H,14,15,16,17). The minimum Gasteiger partial charge on any atom is -0.461 e. The second kappa shape index (κ2) is 7.84. The number of hydrogen-bond acceptors (Lipinski definition) is 7. The fraction of sp³-hybridized carbons (Fsp3) is 0.769. The molecule has 0 aromatic carbocycles. The van der Waals surface area contributed by atoms with Crippen molar-refractivity contribution in [3.05, 3.63) is 0 Å². The van der Waals surface area contributed by atoms with Crippen molar-refractivity contribution < 1.29 is 9.47 Å². The van der Waals surface area contributed by atoms with Crippen molar-refractivity contribution in [3.8, 4) is 6.01 Å². The Morgan fingerprint density at radius 2 is 1.80 bits per heavy atom. The number of hydrogen-bond donors (Lipinski definition) is 1. The van der Waals surface area contributed by atoms with Gasteiger partial charge in [0.25, 0.3) is 0 Å². The fourth-order valence-electron chi connectivity index (χ4n) is 1.42. The van der Waals surface area contributed by atoms with Gasteiger partial charge in [-0.15, -0.1) is 0 Å². The van der Waals surface area contributed by atoms with Gasteiger partial charge in [-0.05, 0) is 27.7 Å². The van der Waals surface area contributed by atoms with E-state index in [1.807, 2.05) is 39.6 Å².